The lowest BCUT2D eigenvalue weighted by Crippen LogP contribution is -2.04. The molecule has 0 amide bonds. The van der Waals surface area contributed by atoms with Crippen LogP contribution in [-0.4, -0.2) is 21.8 Å². The van der Waals surface area contributed by atoms with Crippen LogP contribution in [0.5, 0.6) is 0 Å². The number of hydrogen-bond donors (Lipinski definition) is 1. The summed E-state index contributed by atoms with van der Waals surface area (Å²) >= 11 is 0. The van der Waals surface area contributed by atoms with Crippen molar-refractivity contribution in [1.82, 2.24) is 0 Å². The molecule has 0 saturated carbocycles. The molecule has 0 saturated heterocycles. The lowest BCUT2D eigenvalue weighted by molar-refractivity contribution is -0.385. The maximum Gasteiger partial charge on any atom is 0.342 e. The van der Waals surface area contributed by atoms with Gasteiger partial charge in [0.15, 0.2) is 5.78 Å². The summed E-state index contributed by atoms with van der Waals surface area (Å²) in [5, 5.41) is 19.2. The van der Waals surface area contributed by atoms with Gasteiger partial charge in [0.25, 0.3) is 5.69 Å². The molecule has 78 valence electrons. The first kappa shape index (κ1) is 10.8. The van der Waals surface area contributed by atoms with Crippen molar-refractivity contribution in [3.63, 3.8) is 0 Å². The number of nitro groups is 1. The Balaban J connectivity index is 3.40. The molecule has 0 heterocycles. The molecule has 0 radical (unpaired) electrons. The molecular weight excluding hydrogens is 202 g/mol. The van der Waals surface area contributed by atoms with E-state index in [1.165, 1.54) is 13.0 Å². The third kappa shape index (κ3) is 2.16. The first-order chi connectivity index (χ1) is 6.93. The van der Waals surface area contributed by atoms with Gasteiger partial charge < -0.3 is 5.11 Å². The number of carbonyl (C=O) groups excluding carboxylic acids is 1. The minimum atomic E-state index is -1.39. The Bertz CT molecular complexity index is 452. The van der Waals surface area contributed by atoms with E-state index >= 15 is 0 Å². The molecule has 1 rings (SSSR count). The third-order valence-corrected chi connectivity index (χ3v) is 1.83. The quantitative estimate of drug-likeness (QED) is 0.462. The molecule has 1 N–H and O–H groups in total. The second-order valence-corrected chi connectivity index (χ2v) is 2.85. The molecule has 1 aromatic rings. The first-order valence-corrected chi connectivity index (χ1v) is 3.96. The topological polar surface area (TPSA) is 97.5 Å². The average Bonchev–Trinajstić information content (AvgIpc) is 2.16. The van der Waals surface area contributed by atoms with Gasteiger partial charge in [-0.25, -0.2) is 4.79 Å². The Morgan fingerprint density at radius 1 is 1.40 bits per heavy atom. The van der Waals surface area contributed by atoms with Crippen LogP contribution in [0.2, 0.25) is 0 Å². The number of ketones is 1. The van der Waals surface area contributed by atoms with Gasteiger partial charge in [0.2, 0.25) is 0 Å². The highest BCUT2D eigenvalue weighted by Gasteiger charge is 2.20. The highest BCUT2D eigenvalue weighted by molar-refractivity contribution is 5.98. The number of carbonyl (C=O) groups is 2. The third-order valence-electron chi connectivity index (χ3n) is 1.83. The van der Waals surface area contributed by atoms with E-state index in [0.717, 1.165) is 12.1 Å². The van der Waals surface area contributed by atoms with Crippen molar-refractivity contribution in [3.8, 4) is 0 Å². The zero-order valence-electron chi connectivity index (χ0n) is 7.76. The van der Waals surface area contributed by atoms with Crippen molar-refractivity contribution >= 4 is 17.4 Å². The summed E-state index contributed by atoms with van der Waals surface area (Å²) in [6.45, 7) is 1.25. The van der Waals surface area contributed by atoms with E-state index in [4.69, 9.17) is 5.11 Å². The number of hydrogen-bond acceptors (Lipinski definition) is 4. The molecule has 0 atom stereocenters. The zero-order chi connectivity index (χ0) is 11.6. The van der Waals surface area contributed by atoms with Crippen LogP contribution < -0.4 is 0 Å². The standard InChI is InChI=1S/C9H7NO5/c1-5(11)6-2-3-7(9(12)13)8(4-6)10(14)15/h2-4H,1H3,(H,12,13). The maximum absolute atomic E-state index is 10.9. The molecule has 15 heavy (non-hydrogen) atoms. The molecule has 6 heteroatoms. The lowest BCUT2D eigenvalue weighted by Gasteiger charge is -1.99. The fourth-order valence-electron chi connectivity index (χ4n) is 1.08. The number of rotatable bonds is 3. The number of aromatic carboxylic acids is 1. The summed E-state index contributed by atoms with van der Waals surface area (Å²) in [6.07, 6.45) is 0. The van der Waals surface area contributed by atoms with Crippen LogP contribution in [0, 0.1) is 10.1 Å². The maximum atomic E-state index is 10.9. The molecule has 0 aliphatic heterocycles. The fraction of sp³-hybridized carbons (Fsp3) is 0.111. The van der Waals surface area contributed by atoms with Crippen molar-refractivity contribution in [3.05, 3.63) is 39.4 Å². The van der Waals surface area contributed by atoms with Crippen LogP contribution in [-0.2, 0) is 0 Å². The number of Topliss-reactive ketones (excluding diaryl/α,β-unsaturated/α-hetero) is 1. The number of carboxylic acids is 1. The highest BCUT2D eigenvalue weighted by Crippen LogP contribution is 2.20. The fourth-order valence-corrected chi connectivity index (χ4v) is 1.08. The van der Waals surface area contributed by atoms with E-state index in [2.05, 4.69) is 0 Å². The summed E-state index contributed by atoms with van der Waals surface area (Å²) < 4.78 is 0. The van der Waals surface area contributed by atoms with Gasteiger partial charge in [-0.05, 0) is 13.0 Å². The summed E-state index contributed by atoms with van der Waals surface area (Å²) in [5.74, 6) is -1.74. The van der Waals surface area contributed by atoms with Gasteiger partial charge in [0.1, 0.15) is 5.56 Å². The van der Waals surface area contributed by atoms with E-state index in [1.807, 2.05) is 0 Å². The van der Waals surface area contributed by atoms with Crippen LogP contribution in [0.25, 0.3) is 0 Å². The molecule has 0 spiro atoms. The van der Waals surface area contributed by atoms with Crippen LogP contribution in [0.1, 0.15) is 27.6 Å². The number of carboxylic acid groups (broad SMARTS) is 1. The highest BCUT2D eigenvalue weighted by atomic mass is 16.6. The Kier molecular flexibility index (Phi) is 2.80. The normalized spacial score (nSPS) is 9.67. The second kappa shape index (κ2) is 3.87. The Labute approximate surface area is 84.3 Å². The predicted octanol–water partition coefficient (Wildman–Crippen LogP) is 1.50. The summed E-state index contributed by atoms with van der Waals surface area (Å²) in [4.78, 5) is 31.3. The molecule has 0 fully saturated rings. The minimum absolute atomic E-state index is 0.117. The average molecular weight is 209 g/mol. The van der Waals surface area contributed by atoms with E-state index in [-0.39, 0.29) is 11.3 Å². The predicted molar refractivity (Wildman–Crippen MR) is 50.1 cm³/mol. The summed E-state index contributed by atoms with van der Waals surface area (Å²) in [7, 11) is 0. The van der Waals surface area contributed by atoms with Crippen LogP contribution in [0.4, 0.5) is 5.69 Å². The number of benzene rings is 1. The monoisotopic (exact) mass is 209 g/mol. The van der Waals surface area contributed by atoms with E-state index in [0.29, 0.717) is 0 Å². The van der Waals surface area contributed by atoms with Gasteiger partial charge in [-0.3, -0.25) is 14.9 Å². The van der Waals surface area contributed by atoms with Crippen LogP contribution >= 0.6 is 0 Å². The van der Waals surface area contributed by atoms with E-state index in [9.17, 15) is 19.7 Å². The number of nitro benzene ring substituents is 1. The molecule has 1 aromatic carbocycles. The van der Waals surface area contributed by atoms with Crippen LogP contribution in [0.3, 0.4) is 0 Å². The minimum Gasteiger partial charge on any atom is -0.477 e. The van der Waals surface area contributed by atoms with Gasteiger partial charge in [-0.15, -0.1) is 0 Å². The van der Waals surface area contributed by atoms with Gasteiger partial charge in [-0.2, -0.15) is 0 Å². The first-order valence-electron chi connectivity index (χ1n) is 3.96. The molecular formula is C9H7NO5. The Hall–Kier alpha value is -2.24. The van der Waals surface area contributed by atoms with E-state index in [1.54, 1.807) is 0 Å². The zero-order valence-corrected chi connectivity index (χ0v) is 7.76. The van der Waals surface area contributed by atoms with Crippen molar-refractivity contribution in [1.29, 1.82) is 0 Å². The van der Waals surface area contributed by atoms with Crippen molar-refractivity contribution < 1.29 is 19.6 Å². The molecule has 6 nitrogen and oxygen atoms in total. The van der Waals surface area contributed by atoms with Crippen LogP contribution in [0.15, 0.2) is 18.2 Å². The smallest absolute Gasteiger partial charge is 0.342 e. The number of nitrogens with zero attached hydrogens (tertiary/aromatic N) is 1. The molecule has 0 aromatic heterocycles. The largest absolute Gasteiger partial charge is 0.477 e. The molecule has 0 aliphatic carbocycles. The van der Waals surface area contributed by atoms with Crippen molar-refractivity contribution in [2.75, 3.05) is 0 Å². The van der Waals surface area contributed by atoms with Crippen molar-refractivity contribution in [2.45, 2.75) is 6.92 Å². The molecule has 0 aliphatic rings. The van der Waals surface area contributed by atoms with E-state index < -0.39 is 22.1 Å². The Morgan fingerprint density at radius 2 is 2.00 bits per heavy atom. The van der Waals surface area contributed by atoms with Gasteiger partial charge in [0.05, 0.1) is 4.92 Å². The Morgan fingerprint density at radius 3 is 2.40 bits per heavy atom. The lowest BCUT2D eigenvalue weighted by atomic mass is 10.1. The van der Waals surface area contributed by atoms with Gasteiger partial charge in [-0.1, -0.05) is 6.07 Å². The second-order valence-electron chi connectivity index (χ2n) is 2.85. The van der Waals surface area contributed by atoms with Gasteiger partial charge >= 0.3 is 5.97 Å². The van der Waals surface area contributed by atoms with Gasteiger partial charge in [0, 0.05) is 11.6 Å². The summed E-state index contributed by atoms with van der Waals surface area (Å²) in [5.41, 5.74) is -0.882. The van der Waals surface area contributed by atoms with Crippen molar-refractivity contribution in [2.24, 2.45) is 0 Å². The molecule has 0 unspecified atom stereocenters. The SMILES string of the molecule is CC(=O)c1ccc(C(=O)O)c([N+](=O)[O-])c1. The molecule has 0 bridgehead atoms. The summed E-state index contributed by atoms with van der Waals surface area (Å²) in [6, 6.07) is 3.27.